The summed E-state index contributed by atoms with van der Waals surface area (Å²) >= 11 is 3.51. The first-order valence-corrected chi connectivity index (χ1v) is 7.56. The summed E-state index contributed by atoms with van der Waals surface area (Å²) in [5, 5.41) is 6.56. The van der Waals surface area contributed by atoms with Crippen LogP contribution in [0.1, 0.15) is 16.0 Å². The predicted molar refractivity (Wildman–Crippen MR) is 80.7 cm³/mol. The molecule has 1 N–H and O–H groups in total. The largest absolute Gasteiger partial charge is 0.357 e. The number of fused-ring (bicyclic) bond motifs is 1. The highest BCUT2D eigenvalue weighted by molar-refractivity contribution is 7.22. The summed E-state index contributed by atoms with van der Waals surface area (Å²) in [7, 11) is 0. The van der Waals surface area contributed by atoms with Gasteiger partial charge in [-0.3, -0.25) is 0 Å². The first-order valence-electron chi connectivity index (χ1n) is 5.87. The van der Waals surface area contributed by atoms with Crippen molar-refractivity contribution >= 4 is 38.0 Å². The minimum absolute atomic E-state index is 0.863. The van der Waals surface area contributed by atoms with Crippen LogP contribution in [0.15, 0.2) is 29.6 Å². The summed E-state index contributed by atoms with van der Waals surface area (Å²) in [4.78, 5) is 6.03. The Bertz CT molecular complexity index is 682. The highest BCUT2D eigenvalue weighted by Gasteiger charge is 2.06. The number of anilines is 1. The van der Waals surface area contributed by atoms with Crippen LogP contribution in [0.2, 0.25) is 0 Å². The third-order valence-electron chi connectivity index (χ3n) is 2.99. The molecule has 0 unspecified atom stereocenters. The van der Waals surface area contributed by atoms with Crippen LogP contribution in [-0.4, -0.2) is 4.98 Å². The molecular weight excluding hydrogens is 260 g/mol. The Morgan fingerprint density at radius 3 is 2.78 bits per heavy atom. The second-order valence-electron chi connectivity index (χ2n) is 4.32. The van der Waals surface area contributed by atoms with Gasteiger partial charge in [0.1, 0.15) is 0 Å². The lowest BCUT2D eigenvalue weighted by atomic mass is 10.2. The van der Waals surface area contributed by atoms with E-state index in [1.54, 1.807) is 22.7 Å². The van der Waals surface area contributed by atoms with Gasteiger partial charge in [-0.05, 0) is 42.5 Å². The molecule has 0 saturated heterocycles. The van der Waals surface area contributed by atoms with Crippen molar-refractivity contribution in [2.45, 2.75) is 20.4 Å². The Morgan fingerprint density at radius 2 is 2.06 bits per heavy atom. The highest BCUT2D eigenvalue weighted by Crippen LogP contribution is 2.28. The Kier molecular flexibility index (Phi) is 3.06. The van der Waals surface area contributed by atoms with Crippen molar-refractivity contribution in [1.29, 1.82) is 0 Å². The molecule has 2 nitrogen and oxygen atoms in total. The number of hydrogen-bond acceptors (Lipinski definition) is 4. The van der Waals surface area contributed by atoms with Gasteiger partial charge in [-0.1, -0.05) is 23.5 Å². The van der Waals surface area contributed by atoms with Gasteiger partial charge in [0.05, 0.1) is 16.8 Å². The lowest BCUT2D eigenvalue weighted by Crippen LogP contribution is -1.97. The summed E-state index contributed by atoms with van der Waals surface area (Å²) in [5.74, 6) is 0. The van der Waals surface area contributed by atoms with Gasteiger partial charge in [0.2, 0.25) is 0 Å². The first-order chi connectivity index (χ1) is 8.74. The Hall–Kier alpha value is -1.39. The van der Waals surface area contributed by atoms with Crippen LogP contribution in [0.5, 0.6) is 0 Å². The highest BCUT2D eigenvalue weighted by atomic mass is 32.1. The van der Waals surface area contributed by atoms with Crippen molar-refractivity contribution in [2.75, 3.05) is 5.32 Å². The molecule has 3 rings (SSSR count). The second kappa shape index (κ2) is 4.71. The molecule has 0 atom stereocenters. The van der Waals surface area contributed by atoms with Crippen molar-refractivity contribution in [3.8, 4) is 0 Å². The van der Waals surface area contributed by atoms with Crippen LogP contribution < -0.4 is 5.32 Å². The molecular formula is C14H14N2S2. The minimum atomic E-state index is 0.863. The van der Waals surface area contributed by atoms with Crippen LogP contribution in [-0.2, 0) is 6.54 Å². The van der Waals surface area contributed by atoms with Crippen molar-refractivity contribution in [2.24, 2.45) is 0 Å². The van der Waals surface area contributed by atoms with E-state index < -0.39 is 0 Å². The van der Waals surface area contributed by atoms with E-state index in [-0.39, 0.29) is 0 Å². The molecule has 0 aliphatic rings. The van der Waals surface area contributed by atoms with E-state index in [1.165, 1.54) is 20.7 Å². The van der Waals surface area contributed by atoms with Crippen molar-refractivity contribution < 1.29 is 0 Å². The van der Waals surface area contributed by atoms with Gasteiger partial charge in [-0.2, -0.15) is 0 Å². The number of thiophene rings is 1. The number of aromatic nitrogens is 1. The van der Waals surface area contributed by atoms with Crippen LogP contribution in [0.3, 0.4) is 0 Å². The van der Waals surface area contributed by atoms with Gasteiger partial charge in [0, 0.05) is 4.88 Å². The van der Waals surface area contributed by atoms with Crippen LogP contribution in [0, 0.1) is 13.8 Å². The van der Waals surface area contributed by atoms with E-state index in [0.29, 0.717) is 0 Å². The van der Waals surface area contributed by atoms with Crippen molar-refractivity contribution in [3.05, 3.63) is 45.6 Å². The fourth-order valence-corrected chi connectivity index (χ4v) is 3.69. The lowest BCUT2D eigenvalue weighted by molar-refractivity contribution is 1.15. The van der Waals surface area contributed by atoms with Crippen LogP contribution in [0.25, 0.3) is 10.2 Å². The maximum absolute atomic E-state index is 4.65. The van der Waals surface area contributed by atoms with E-state index in [4.69, 9.17) is 0 Å². The zero-order valence-corrected chi connectivity index (χ0v) is 12.0. The molecule has 18 heavy (non-hydrogen) atoms. The molecule has 92 valence electrons. The third kappa shape index (κ3) is 2.13. The Balaban J connectivity index is 1.83. The summed E-state index contributed by atoms with van der Waals surface area (Å²) in [6, 6.07) is 8.48. The fraction of sp³-hybridized carbons (Fsp3) is 0.214. The topological polar surface area (TPSA) is 24.9 Å². The van der Waals surface area contributed by atoms with E-state index in [1.807, 2.05) is 0 Å². The molecule has 0 aliphatic heterocycles. The molecule has 0 radical (unpaired) electrons. The number of benzene rings is 1. The van der Waals surface area contributed by atoms with Gasteiger partial charge in [-0.25, -0.2) is 4.98 Å². The molecule has 0 aliphatic carbocycles. The van der Waals surface area contributed by atoms with Gasteiger partial charge in [0.15, 0.2) is 5.13 Å². The van der Waals surface area contributed by atoms with Gasteiger partial charge in [0.25, 0.3) is 0 Å². The zero-order valence-electron chi connectivity index (χ0n) is 10.4. The molecule has 0 saturated carbocycles. The summed E-state index contributed by atoms with van der Waals surface area (Å²) in [6.07, 6.45) is 0. The van der Waals surface area contributed by atoms with Gasteiger partial charge >= 0.3 is 0 Å². The smallest absolute Gasteiger partial charge is 0.184 e. The van der Waals surface area contributed by atoms with Crippen molar-refractivity contribution in [3.63, 3.8) is 0 Å². The normalized spacial score (nSPS) is 11.0. The molecule has 4 heteroatoms. The molecule has 3 aromatic rings. The quantitative estimate of drug-likeness (QED) is 0.755. The Morgan fingerprint density at radius 1 is 1.17 bits per heavy atom. The fourth-order valence-electron chi connectivity index (χ4n) is 1.90. The Labute approximate surface area is 114 Å². The van der Waals surface area contributed by atoms with Crippen LogP contribution in [0.4, 0.5) is 5.13 Å². The summed E-state index contributed by atoms with van der Waals surface area (Å²) < 4.78 is 1.25. The number of thiazole rings is 1. The zero-order chi connectivity index (χ0) is 12.5. The van der Waals surface area contributed by atoms with E-state index in [0.717, 1.165) is 17.2 Å². The number of aryl methyl sites for hydroxylation is 2. The average molecular weight is 274 g/mol. The monoisotopic (exact) mass is 274 g/mol. The SMILES string of the molecule is Cc1ccsc1CNc1nc2c(C)cccc2s1. The molecule has 0 fully saturated rings. The summed E-state index contributed by atoms with van der Waals surface area (Å²) in [5.41, 5.74) is 3.71. The maximum Gasteiger partial charge on any atom is 0.184 e. The second-order valence-corrected chi connectivity index (χ2v) is 6.35. The standard InChI is InChI=1S/C14H14N2S2/c1-9-6-7-17-12(9)8-15-14-16-13-10(2)4-3-5-11(13)18-14/h3-7H,8H2,1-2H3,(H,15,16). The summed E-state index contributed by atoms with van der Waals surface area (Å²) in [6.45, 7) is 5.12. The molecule has 0 spiro atoms. The molecule has 2 heterocycles. The molecule has 0 amide bonds. The number of hydrogen-bond donors (Lipinski definition) is 1. The van der Waals surface area contributed by atoms with E-state index in [2.05, 4.69) is 53.8 Å². The average Bonchev–Trinajstić information content (AvgIpc) is 2.93. The minimum Gasteiger partial charge on any atom is -0.357 e. The maximum atomic E-state index is 4.65. The molecule has 2 aromatic heterocycles. The number of rotatable bonds is 3. The van der Waals surface area contributed by atoms with Crippen molar-refractivity contribution in [1.82, 2.24) is 4.98 Å². The number of para-hydroxylation sites is 1. The number of nitrogens with zero attached hydrogens (tertiary/aromatic N) is 1. The van der Waals surface area contributed by atoms with E-state index >= 15 is 0 Å². The predicted octanol–water partition coefficient (Wildman–Crippen LogP) is 4.59. The molecule has 1 aromatic carbocycles. The van der Waals surface area contributed by atoms with Crippen LogP contribution >= 0.6 is 22.7 Å². The van der Waals surface area contributed by atoms with Gasteiger partial charge < -0.3 is 5.32 Å². The van der Waals surface area contributed by atoms with E-state index in [9.17, 15) is 0 Å². The first kappa shape index (κ1) is 11.7. The lowest BCUT2D eigenvalue weighted by Gasteiger charge is -2.00. The third-order valence-corrected chi connectivity index (χ3v) is 4.99. The van der Waals surface area contributed by atoms with Gasteiger partial charge in [-0.15, -0.1) is 11.3 Å². The molecule has 0 bridgehead atoms. The number of nitrogens with one attached hydrogen (secondary N) is 1.